The second-order valence-electron chi connectivity index (χ2n) is 11.3. The maximum Gasteiger partial charge on any atom is 0.246 e. The molecule has 3 aromatic carbocycles. The number of amides is 3. The van der Waals surface area contributed by atoms with Gasteiger partial charge in [-0.1, -0.05) is 74.5 Å². The molecule has 7 heteroatoms. The molecule has 0 bridgehead atoms. The summed E-state index contributed by atoms with van der Waals surface area (Å²) in [6.07, 6.45) is 3.54. The molecule has 0 spiro atoms. The van der Waals surface area contributed by atoms with E-state index in [-0.39, 0.29) is 36.6 Å². The molecular formula is C34H38N4O3. The molecule has 0 aliphatic carbocycles. The molecule has 1 N–H and O–H groups in total. The van der Waals surface area contributed by atoms with Crippen molar-refractivity contribution in [3.8, 4) is 0 Å². The Morgan fingerprint density at radius 3 is 2.41 bits per heavy atom. The Hall–Kier alpha value is -4.26. The third kappa shape index (κ3) is 6.40. The minimum Gasteiger partial charge on any atom is -0.357 e. The average molecular weight is 551 g/mol. The summed E-state index contributed by atoms with van der Waals surface area (Å²) in [6.45, 7) is 4.75. The number of carbonyl (C=O) groups excluding carboxylic acids is 3. The zero-order valence-corrected chi connectivity index (χ0v) is 24.0. The van der Waals surface area contributed by atoms with Gasteiger partial charge < -0.3 is 15.1 Å². The van der Waals surface area contributed by atoms with Gasteiger partial charge in [-0.05, 0) is 52.8 Å². The van der Waals surface area contributed by atoms with Gasteiger partial charge in [0, 0.05) is 44.6 Å². The van der Waals surface area contributed by atoms with Gasteiger partial charge in [0.1, 0.15) is 12.1 Å². The topological polar surface area (TPSA) is 82.6 Å². The van der Waals surface area contributed by atoms with Crippen molar-refractivity contribution in [2.24, 2.45) is 5.92 Å². The van der Waals surface area contributed by atoms with Crippen LogP contribution in [0.5, 0.6) is 0 Å². The Morgan fingerprint density at radius 2 is 1.66 bits per heavy atom. The molecule has 1 aliphatic heterocycles. The first-order valence-electron chi connectivity index (χ1n) is 14.5. The van der Waals surface area contributed by atoms with E-state index in [4.69, 9.17) is 0 Å². The van der Waals surface area contributed by atoms with Crippen LogP contribution in [0.1, 0.15) is 37.8 Å². The van der Waals surface area contributed by atoms with Crippen molar-refractivity contribution in [1.29, 1.82) is 0 Å². The molecule has 5 rings (SSSR count). The summed E-state index contributed by atoms with van der Waals surface area (Å²) < 4.78 is 0. The van der Waals surface area contributed by atoms with Gasteiger partial charge in [-0.3, -0.25) is 19.4 Å². The lowest BCUT2D eigenvalue weighted by atomic mass is 9.97. The Balaban J connectivity index is 1.40. The van der Waals surface area contributed by atoms with Gasteiger partial charge >= 0.3 is 0 Å². The van der Waals surface area contributed by atoms with Crippen LogP contribution in [0.15, 0.2) is 79.0 Å². The fourth-order valence-electron chi connectivity index (χ4n) is 5.84. The lowest BCUT2D eigenvalue weighted by Crippen LogP contribution is -2.55. The van der Waals surface area contributed by atoms with Crippen LogP contribution < -0.4 is 5.32 Å². The Bertz CT molecular complexity index is 1570. The fraction of sp³-hybridized carbons (Fsp3) is 0.353. The average Bonchev–Trinajstić information content (AvgIpc) is 3.09. The number of carbonyl (C=O) groups is 3. The molecule has 1 fully saturated rings. The van der Waals surface area contributed by atoms with Crippen LogP contribution in [0.3, 0.4) is 0 Å². The number of pyridine rings is 1. The molecule has 0 saturated carbocycles. The number of fused-ring (bicyclic) bond motifs is 2. The van der Waals surface area contributed by atoms with Crippen LogP contribution in [-0.2, 0) is 27.2 Å². The molecule has 41 heavy (non-hydrogen) atoms. The van der Waals surface area contributed by atoms with E-state index in [2.05, 4.69) is 42.3 Å². The molecule has 4 aromatic rings. The number of hydrogen-bond acceptors (Lipinski definition) is 4. The molecule has 3 amide bonds. The smallest absolute Gasteiger partial charge is 0.246 e. The van der Waals surface area contributed by atoms with Crippen molar-refractivity contribution < 1.29 is 14.4 Å². The Kier molecular flexibility index (Phi) is 8.62. The summed E-state index contributed by atoms with van der Waals surface area (Å²) in [4.78, 5) is 49.0. The van der Waals surface area contributed by atoms with E-state index in [1.54, 1.807) is 16.8 Å². The minimum absolute atomic E-state index is 0.0541. The summed E-state index contributed by atoms with van der Waals surface area (Å²) in [5, 5.41) is 6.02. The molecule has 2 heterocycles. The Labute approximate surface area is 241 Å². The Morgan fingerprint density at radius 1 is 0.951 bits per heavy atom. The highest BCUT2D eigenvalue weighted by Gasteiger charge is 2.40. The summed E-state index contributed by atoms with van der Waals surface area (Å²) >= 11 is 0. The zero-order chi connectivity index (χ0) is 28.9. The highest BCUT2D eigenvalue weighted by Crippen LogP contribution is 2.25. The van der Waals surface area contributed by atoms with Crippen molar-refractivity contribution in [1.82, 2.24) is 20.1 Å². The maximum absolute atomic E-state index is 14.2. The monoisotopic (exact) mass is 550 g/mol. The van der Waals surface area contributed by atoms with E-state index >= 15 is 0 Å². The number of rotatable bonds is 9. The van der Waals surface area contributed by atoms with Gasteiger partial charge in [0.2, 0.25) is 17.7 Å². The molecule has 1 saturated heterocycles. The van der Waals surface area contributed by atoms with E-state index in [0.29, 0.717) is 25.8 Å². The molecule has 2 atom stereocenters. The number of likely N-dealkylation sites (N-methyl/N-ethyl adjacent to an activating group) is 1. The lowest BCUT2D eigenvalue weighted by molar-refractivity contribution is -0.146. The van der Waals surface area contributed by atoms with E-state index in [1.165, 1.54) is 0 Å². The SMILES string of the molecule is CNC(=O)C(Cc1ccc2ccccc2c1)N1CCC(=O)N(CCc2cnc3ccccc3c2)C(CC(C)C)C1=O. The van der Waals surface area contributed by atoms with Crippen molar-refractivity contribution in [2.45, 2.75) is 51.6 Å². The predicted molar refractivity (Wildman–Crippen MR) is 162 cm³/mol. The van der Waals surface area contributed by atoms with Gasteiger partial charge in [0.05, 0.1) is 5.52 Å². The normalized spacial score (nSPS) is 16.8. The van der Waals surface area contributed by atoms with Crippen LogP contribution in [0, 0.1) is 5.92 Å². The summed E-state index contributed by atoms with van der Waals surface area (Å²) in [5.41, 5.74) is 2.92. The van der Waals surface area contributed by atoms with Gasteiger partial charge in [-0.25, -0.2) is 0 Å². The van der Waals surface area contributed by atoms with Crippen LogP contribution in [-0.4, -0.2) is 64.7 Å². The number of nitrogens with zero attached hydrogens (tertiary/aromatic N) is 3. The van der Waals surface area contributed by atoms with Crippen LogP contribution in [0.4, 0.5) is 0 Å². The molecule has 0 radical (unpaired) electrons. The largest absolute Gasteiger partial charge is 0.357 e. The molecule has 2 unspecified atom stereocenters. The number of hydrogen-bond donors (Lipinski definition) is 1. The zero-order valence-electron chi connectivity index (χ0n) is 24.0. The number of nitrogens with one attached hydrogen (secondary N) is 1. The highest BCUT2D eigenvalue weighted by atomic mass is 16.2. The first-order valence-corrected chi connectivity index (χ1v) is 14.5. The van der Waals surface area contributed by atoms with E-state index in [0.717, 1.165) is 32.8 Å². The first kappa shape index (κ1) is 28.3. The first-order chi connectivity index (χ1) is 19.8. The second-order valence-corrected chi connectivity index (χ2v) is 11.3. The van der Waals surface area contributed by atoms with Gasteiger partial charge in [0.15, 0.2) is 0 Å². The van der Waals surface area contributed by atoms with Crippen molar-refractivity contribution in [2.75, 3.05) is 20.1 Å². The maximum atomic E-state index is 14.2. The van der Waals surface area contributed by atoms with Crippen molar-refractivity contribution in [3.05, 3.63) is 90.1 Å². The van der Waals surface area contributed by atoms with E-state index in [1.807, 2.05) is 60.8 Å². The highest BCUT2D eigenvalue weighted by molar-refractivity contribution is 5.94. The van der Waals surface area contributed by atoms with Gasteiger partial charge in [0.25, 0.3) is 0 Å². The van der Waals surface area contributed by atoms with E-state index < -0.39 is 12.1 Å². The van der Waals surface area contributed by atoms with Crippen LogP contribution in [0.2, 0.25) is 0 Å². The van der Waals surface area contributed by atoms with Crippen LogP contribution in [0.25, 0.3) is 21.7 Å². The standard InChI is InChI=1S/C34H38N4O3/c1-23(2)18-31-34(41)38(30(33(40)35-3)21-24-12-13-26-8-4-5-9-27(26)19-24)17-15-32(39)37(31)16-14-25-20-28-10-6-7-11-29(28)36-22-25/h4-13,19-20,22-23,30-31H,14-18,21H2,1-3H3,(H,35,40). The van der Waals surface area contributed by atoms with Gasteiger partial charge in [-0.15, -0.1) is 0 Å². The lowest BCUT2D eigenvalue weighted by Gasteiger charge is -2.35. The number of benzene rings is 3. The van der Waals surface area contributed by atoms with Crippen LogP contribution >= 0.6 is 0 Å². The van der Waals surface area contributed by atoms with Crippen molar-refractivity contribution >= 4 is 39.4 Å². The fourth-order valence-corrected chi connectivity index (χ4v) is 5.84. The van der Waals surface area contributed by atoms with E-state index in [9.17, 15) is 14.4 Å². The number of para-hydroxylation sites is 1. The predicted octanol–water partition coefficient (Wildman–Crippen LogP) is 4.76. The molecular weight excluding hydrogens is 512 g/mol. The third-order valence-corrected chi connectivity index (χ3v) is 7.98. The summed E-state index contributed by atoms with van der Waals surface area (Å²) in [7, 11) is 1.60. The third-order valence-electron chi connectivity index (χ3n) is 7.98. The molecule has 1 aliphatic rings. The van der Waals surface area contributed by atoms with Crippen molar-refractivity contribution in [3.63, 3.8) is 0 Å². The number of aromatic nitrogens is 1. The molecule has 7 nitrogen and oxygen atoms in total. The summed E-state index contributed by atoms with van der Waals surface area (Å²) in [5.74, 6) is -0.240. The molecule has 1 aromatic heterocycles. The quantitative estimate of drug-likeness (QED) is 0.326. The molecule has 212 valence electrons. The second kappa shape index (κ2) is 12.5. The van der Waals surface area contributed by atoms with Gasteiger partial charge in [-0.2, -0.15) is 0 Å². The summed E-state index contributed by atoms with van der Waals surface area (Å²) in [6, 6.07) is 23.0. The minimum atomic E-state index is -0.708.